The lowest BCUT2D eigenvalue weighted by molar-refractivity contribution is 0.347. The third-order valence-electron chi connectivity index (χ3n) is 1.76. The zero-order valence-corrected chi connectivity index (χ0v) is 10.4. The molecule has 1 heterocycles. The SMILES string of the molecule is CNc1nnc(CN(C)CCSC)s1. The first-order chi connectivity index (χ1) is 6.76. The van der Waals surface area contributed by atoms with Gasteiger partial charge in [0.15, 0.2) is 0 Å². The molecule has 1 rings (SSSR count). The van der Waals surface area contributed by atoms with Gasteiger partial charge in [-0.3, -0.25) is 4.90 Å². The van der Waals surface area contributed by atoms with E-state index in [1.54, 1.807) is 11.3 Å². The van der Waals surface area contributed by atoms with Gasteiger partial charge in [0.1, 0.15) is 5.01 Å². The molecule has 0 saturated heterocycles. The van der Waals surface area contributed by atoms with Crippen molar-refractivity contribution in [2.24, 2.45) is 0 Å². The van der Waals surface area contributed by atoms with Gasteiger partial charge in [-0.2, -0.15) is 11.8 Å². The number of thioether (sulfide) groups is 1. The lowest BCUT2D eigenvalue weighted by Crippen LogP contribution is -2.20. The number of hydrogen-bond acceptors (Lipinski definition) is 6. The van der Waals surface area contributed by atoms with Crippen LogP contribution in [0.15, 0.2) is 0 Å². The second-order valence-electron chi connectivity index (χ2n) is 2.98. The normalized spacial score (nSPS) is 10.9. The van der Waals surface area contributed by atoms with Crippen molar-refractivity contribution in [1.29, 1.82) is 0 Å². The van der Waals surface area contributed by atoms with Crippen LogP contribution in [-0.2, 0) is 6.54 Å². The highest BCUT2D eigenvalue weighted by Crippen LogP contribution is 2.15. The largest absolute Gasteiger partial charge is 0.363 e. The van der Waals surface area contributed by atoms with Crippen LogP contribution in [0.2, 0.25) is 0 Å². The average molecular weight is 232 g/mol. The van der Waals surface area contributed by atoms with Gasteiger partial charge in [-0.25, -0.2) is 0 Å². The predicted molar refractivity (Wildman–Crippen MR) is 64.2 cm³/mol. The van der Waals surface area contributed by atoms with Crippen molar-refractivity contribution in [2.75, 3.05) is 38.0 Å². The van der Waals surface area contributed by atoms with E-state index in [4.69, 9.17) is 0 Å². The van der Waals surface area contributed by atoms with Gasteiger partial charge in [0.25, 0.3) is 0 Å². The molecule has 0 saturated carbocycles. The molecular weight excluding hydrogens is 216 g/mol. The van der Waals surface area contributed by atoms with Crippen LogP contribution in [0.25, 0.3) is 0 Å². The molecule has 0 radical (unpaired) electrons. The molecule has 0 atom stereocenters. The molecule has 80 valence electrons. The number of hydrogen-bond donors (Lipinski definition) is 1. The van der Waals surface area contributed by atoms with Crippen LogP contribution in [0.5, 0.6) is 0 Å². The van der Waals surface area contributed by atoms with E-state index in [0.717, 1.165) is 29.0 Å². The van der Waals surface area contributed by atoms with Gasteiger partial charge in [-0.1, -0.05) is 11.3 Å². The van der Waals surface area contributed by atoms with Gasteiger partial charge in [0.2, 0.25) is 5.13 Å². The summed E-state index contributed by atoms with van der Waals surface area (Å²) >= 11 is 3.48. The van der Waals surface area contributed by atoms with E-state index in [1.807, 2.05) is 18.8 Å². The molecule has 4 nitrogen and oxygen atoms in total. The molecule has 0 aliphatic carbocycles. The van der Waals surface area contributed by atoms with Gasteiger partial charge in [-0.15, -0.1) is 10.2 Å². The van der Waals surface area contributed by atoms with E-state index in [2.05, 4.69) is 33.7 Å². The fourth-order valence-corrected chi connectivity index (χ4v) is 2.24. The second kappa shape index (κ2) is 6.21. The molecule has 0 unspecified atom stereocenters. The maximum Gasteiger partial charge on any atom is 0.205 e. The standard InChI is InChI=1S/C8H16N4S2/c1-9-8-11-10-7(14-8)6-12(2)4-5-13-3/h4-6H2,1-3H3,(H,9,11). The monoisotopic (exact) mass is 232 g/mol. The van der Waals surface area contributed by atoms with Crippen molar-refractivity contribution in [1.82, 2.24) is 15.1 Å². The number of nitrogens with one attached hydrogen (secondary N) is 1. The summed E-state index contributed by atoms with van der Waals surface area (Å²) in [6.45, 7) is 1.98. The summed E-state index contributed by atoms with van der Waals surface area (Å²) in [4.78, 5) is 2.26. The summed E-state index contributed by atoms with van der Waals surface area (Å²) in [5, 5.41) is 13.0. The molecule has 0 spiro atoms. The van der Waals surface area contributed by atoms with Crippen LogP contribution < -0.4 is 5.32 Å². The van der Waals surface area contributed by atoms with Gasteiger partial charge in [0, 0.05) is 19.3 Å². The maximum absolute atomic E-state index is 4.09. The quantitative estimate of drug-likeness (QED) is 0.802. The number of nitrogens with zero attached hydrogens (tertiary/aromatic N) is 3. The maximum atomic E-state index is 4.09. The zero-order chi connectivity index (χ0) is 10.4. The van der Waals surface area contributed by atoms with Crippen LogP contribution in [0.1, 0.15) is 5.01 Å². The van der Waals surface area contributed by atoms with Crippen LogP contribution in [0, 0.1) is 0 Å². The fourth-order valence-electron chi connectivity index (χ4n) is 0.976. The minimum atomic E-state index is 0.887. The molecular formula is C8H16N4S2. The molecule has 0 bridgehead atoms. The smallest absolute Gasteiger partial charge is 0.205 e. The Hall–Kier alpha value is -0.330. The summed E-state index contributed by atoms with van der Waals surface area (Å²) < 4.78 is 0. The minimum Gasteiger partial charge on any atom is -0.363 e. The van der Waals surface area contributed by atoms with Crippen LogP contribution >= 0.6 is 23.1 Å². The van der Waals surface area contributed by atoms with Crippen LogP contribution in [0.3, 0.4) is 0 Å². The predicted octanol–water partition coefficient (Wildman–Crippen LogP) is 1.37. The Labute approximate surface area is 93.1 Å². The molecule has 6 heteroatoms. The van der Waals surface area contributed by atoms with E-state index in [0.29, 0.717) is 0 Å². The molecule has 1 aromatic rings. The highest BCUT2D eigenvalue weighted by molar-refractivity contribution is 7.98. The second-order valence-corrected chi connectivity index (χ2v) is 5.03. The minimum absolute atomic E-state index is 0.887. The molecule has 0 aliphatic heterocycles. The van der Waals surface area contributed by atoms with Gasteiger partial charge >= 0.3 is 0 Å². The summed E-state index contributed by atoms with van der Waals surface area (Å²) in [6.07, 6.45) is 2.12. The van der Waals surface area contributed by atoms with Gasteiger partial charge in [-0.05, 0) is 13.3 Å². The molecule has 14 heavy (non-hydrogen) atoms. The van der Waals surface area contributed by atoms with E-state index in [9.17, 15) is 0 Å². The van der Waals surface area contributed by atoms with E-state index in [1.165, 1.54) is 0 Å². The Balaban J connectivity index is 2.35. The number of rotatable bonds is 6. The molecule has 0 aromatic carbocycles. The highest BCUT2D eigenvalue weighted by atomic mass is 32.2. The average Bonchev–Trinajstić information content (AvgIpc) is 2.62. The Morgan fingerprint density at radius 3 is 2.86 bits per heavy atom. The Morgan fingerprint density at radius 1 is 1.50 bits per heavy atom. The van der Waals surface area contributed by atoms with Crippen molar-refractivity contribution >= 4 is 28.2 Å². The van der Waals surface area contributed by atoms with Crippen molar-refractivity contribution < 1.29 is 0 Å². The first kappa shape index (κ1) is 11.7. The van der Waals surface area contributed by atoms with Crippen molar-refractivity contribution in [3.05, 3.63) is 5.01 Å². The first-order valence-corrected chi connectivity index (χ1v) is 6.65. The fraction of sp³-hybridized carbons (Fsp3) is 0.750. The summed E-state index contributed by atoms with van der Waals surface area (Å²) in [5.74, 6) is 1.16. The van der Waals surface area contributed by atoms with Crippen LogP contribution in [-0.4, -0.2) is 47.7 Å². The van der Waals surface area contributed by atoms with Crippen molar-refractivity contribution in [3.63, 3.8) is 0 Å². The first-order valence-electron chi connectivity index (χ1n) is 4.44. The van der Waals surface area contributed by atoms with Crippen molar-refractivity contribution in [2.45, 2.75) is 6.54 Å². The van der Waals surface area contributed by atoms with Gasteiger partial charge < -0.3 is 5.32 Å². The molecule has 1 aromatic heterocycles. The zero-order valence-electron chi connectivity index (χ0n) is 8.78. The topological polar surface area (TPSA) is 41.1 Å². The van der Waals surface area contributed by atoms with Crippen molar-refractivity contribution in [3.8, 4) is 0 Å². The number of aromatic nitrogens is 2. The van der Waals surface area contributed by atoms with E-state index < -0.39 is 0 Å². The van der Waals surface area contributed by atoms with E-state index in [-0.39, 0.29) is 0 Å². The number of anilines is 1. The van der Waals surface area contributed by atoms with Crippen LogP contribution in [0.4, 0.5) is 5.13 Å². The Kier molecular flexibility index (Phi) is 5.21. The van der Waals surface area contributed by atoms with Gasteiger partial charge in [0.05, 0.1) is 6.54 Å². The third-order valence-corrected chi connectivity index (χ3v) is 3.28. The summed E-state index contributed by atoms with van der Waals surface area (Å²) in [5.41, 5.74) is 0. The molecule has 0 aliphatic rings. The Morgan fingerprint density at radius 2 is 2.29 bits per heavy atom. The highest BCUT2D eigenvalue weighted by Gasteiger charge is 2.05. The molecule has 1 N–H and O–H groups in total. The summed E-state index contributed by atoms with van der Waals surface area (Å²) in [7, 11) is 3.97. The Bertz CT molecular complexity index is 264. The van der Waals surface area contributed by atoms with E-state index >= 15 is 0 Å². The lowest BCUT2D eigenvalue weighted by Gasteiger charge is -2.12. The lowest BCUT2D eigenvalue weighted by atomic mass is 10.5. The summed E-state index contributed by atoms with van der Waals surface area (Å²) in [6, 6.07) is 0. The molecule has 0 fully saturated rings. The third kappa shape index (κ3) is 3.81. The molecule has 0 amide bonds.